The number of rotatable bonds is 0. The van der Waals surface area contributed by atoms with Gasteiger partial charge in [0.2, 0.25) is 0 Å². The molecule has 2 aliphatic rings. The zero-order chi connectivity index (χ0) is 9.36. The second-order valence-corrected chi connectivity index (χ2v) is 4.27. The monoisotopic (exact) mass is 190 g/mol. The molecule has 0 aromatic heterocycles. The highest BCUT2D eigenvalue weighted by Gasteiger charge is 2.48. The minimum atomic E-state index is -2.48. The van der Waals surface area contributed by atoms with Crippen molar-refractivity contribution >= 4 is 0 Å². The van der Waals surface area contributed by atoms with E-state index in [1.807, 2.05) is 0 Å². The molecule has 1 unspecified atom stereocenters. The van der Waals surface area contributed by atoms with E-state index in [0.29, 0.717) is 0 Å². The lowest BCUT2D eigenvalue weighted by atomic mass is 9.88. The van der Waals surface area contributed by atoms with Crippen LogP contribution in [0.3, 0.4) is 0 Å². The van der Waals surface area contributed by atoms with Gasteiger partial charge in [-0.25, -0.2) is 8.78 Å². The van der Waals surface area contributed by atoms with Crippen molar-refractivity contribution in [2.45, 2.75) is 37.1 Å². The van der Waals surface area contributed by atoms with E-state index in [2.05, 4.69) is 10.6 Å². The lowest BCUT2D eigenvalue weighted by Crippen LogP contribution is -2.40. The van der Waals surface area contributed by atoms with Crippen molar-refractivity contribution in [2.24, 2.45) is 0 Å². The molecule has 2 rings (SSSR count). The summed E-state index contributed by atoms with van der Waals surface area (Å²) < 4.78 is 26.0. The van der Waals surface area contributed by atoms with Crippen LogP contribution < -0.4 is 10.6 Å². The van der Waals surface area contributed by atoms with Crippen molar-refractivity contribution in [3.05, 3.63) is 0 Å². The zero-order valence-electron chi connectivity index (χ0n) is 7.71. The Kier molecular flexibility index (Phi) is 2.28. The number of alkyl halides is 2. The van der Waals surface area contributed by atoms with Gasteiger partial charge in [-0.3, -0.25) is 0 Å². The second kappa shape index (κ2) is 3.17. The van der Waals surface area contributed by atoms with Crippen LogP contribution in [0.1, 0.15) is 25.7 Å². The molecule has 4 heteroatoms. The Morgan fingerprint density at radius 3 is 2.62 bits per heavy atom. The average Bonchev–Trinajstić information content (AvgIpc) is 2.26. The highest BCUT2D eigenvalue weighted by molar-refractivity contribution is 5.01. The van der Waals surface area contributed by atoms with Crippen LogP contribution in [0.2, 0.25) is 0 Å². The fourth-order valence-corrected chi connectivity index (χ4v) is 2.42. The van der Waals surface area contributed by atoms with E-state index < -0.39 is 5.92 Å². The third-order valence-electron chi connectivity index (χ3n) is 3.11. The fraction of sp³-hybridized carbons (Fsp3) is 1.00. The topological polar surface area (TPSA) is 24.1 Å². The smallest absolute Gasteiger partial charge is 0.262 e. The van der Waals surface area contributed by atoms with Crippen LogP contribution in [0.4, 0.5) is 8.78 Å². The van der Waals surface area contributed by atoms with Crippen LogP contribution in [0, 0.1) is 0 Å². The first-order chi connectivity index (χ1) is 6.12. The van der Waals surface area contributed by atoms with Gasteiger partial charge in [-0.05, 0) is 32.4 Å². The van der Waals surface area contributed by atoms with E-state index in [-0.39, 0.29) is 18.5 Å². The van der Waals surface area contributed by atoms with Crippen LogP contribution in [0.15, 0.2) is 0 Å². The summed E-state index contributed by atoms with van der Waals surface area (Å²) in [7, 11) is 0. The summed E-state index contributed by atoms with van der Waals surface area (Å²) >= 11 is 0. The van der Waals surface area contributed by atoms with Gasteiger partial charge >= 0.3 is 0 Å². The molecule has 2 saturated heterocycles. The van der Waals surface area contributed by atoms with Crippen molar-refractivity contribution in [2.75, 3.05) is 19.6 Å². The fourth-order valence-electron chi connectivity index (χ4n) is 2.42. The minimum absolute atomic E-state index is 0.0294. The standard InChI is InChI=1S/C9H16F2N2/c10-9(11)6-8(13-7-9)2-1-4-12-5-3-8/h12-13H,1-7H2. The Labute approximate surface area is 77.1 Å². The first-order valence-corrected chi connectivity index (χ1v) is 4.96. The third-order valence-corrected chi connectivity index (χ3v) is 3.11. The molecular weight excluding hydrogens is 174 g/mol. The van der Waals surface area contributed by atoms with Gasteiger partial charge in [0.1, 0.15) is 0 Å². The van der Waals surface area contributed by atoms with Crippen molar-refractivity contribution in [1.82, 2.24) is 10.6 Å². The van der Waals surface area contributed by atoms with Crippen LogP contribution in [0.5, 0.6) is 0 Å². The summed E-state index contributed by atoms with van der Waals surface area (Å²) in [5.74, 6) is -2.48. The van der Waals surface area contributed by atoms with Gasteiger partial charge in [0, 0.05) is 12.0 Å². The summed E-state index contributed by atoms with van der Waals surface area (Å²) in [5, 5.41) is 6.25. The Balaban J connectivity index is 2.03. The Bertz CT molecular complexity index is 181. The SMILES string of the molecule is FC1(F)CNC2(CCCNCC2)C1. The predicted octanol–water partition coefficient (Wildman–Crippen LogP) is 1.13. The van der Waals surface area contributed by atoms with Gasteiger partial charge in [0.05, 0.1) is 6.54 Å². The van der Waals surface area contributed by atoms with E-state index in [4.69, 9.17) is 0 Å². The highest BCUT2D eigenvalue weighted by atomic mass is 19.3. The zero-order valence-corrected chi connectivity index (χ0v) is 7.71. The van der Waals surface area contributed by atoms with Gasteiger partial charge in [-0.2, -0.15) is 0 Å². The maximum atomic E-state index is 13.0. The molecule has 0 bridgehead atoms. The number of hydrogen-bond donors (Lipinski definition) is 2. The molecule has 0 radical (unpaired) electrons. The van der Waals surface area contributed by atoms with Gasteiger partial charge in [0.25, 0.3) is 5.92 Å². The van der Waals surface area contributed by atoms with Gasteiger partial charge in [-0.1, -0.05) is 0 Å². The predicted molar refractivity (Wildman–Crippen MR) is 47.0 cm³/mol. The Hall–Kier alpha value is -0.220. The normalized spacial score (nSPS) is 39.2. The van der Waals surface area contributed by atoms with E-state index in [9.17, 15) is 8.78 Å². The second-order valence-electron chi connectivity index (χ2n) is 4.27. The molecule has 0 saturated carbocycles. The molecule has 0 amide bonds. The summed E-state index contributed by atoms with van der Waals surface area (Å²) in [6, 6.07) is 0. The maximum Gasteiger partial charge on any atom is 0.262 e. The molecule has 2 nitrogen and oxygen atoms in total. The van der Waals surface area contributed by atoms with Gasteiger partial charge in [0.15, 0.2) is 0 Å². The molecule has 2 aliphatic heterocycles. The molecule has 76 valence electrons. The lowest BCUT2D eigenvalue weighted by molar-refractivity contribution is 0.0149. The Morgan fingerprint density at radius 2 is 1.92 bits per heavy atom. The summed E-state index contributed by atoms with van der Waals surface area (Å²) in [6.07, 6.45) is 2.75. The van der Waals surface area contributed by atoms with Gasteiger partial charge < -0.3 is 10.6 Å². The van der Waals surface area contributed by atoms with E-state index >= 15 is 0 Å². The maximum absolute atomic E-state index is 13.0. The van der Waals surface area contributed by atoms with Crippen LogP contribution in [0.25, 0.3) is 0 Å². The number of hydrogen-bond acceptors (Lipinski definition) is 2. The van der Waals surface area contributed by atoms with Crippen LogP contribution in [-0.4, -0.2) is 31.1 Å². The van der Waals surface area contributed by atoms with E-state index in [1.165, 1.54) is 0 Å². The van der Waals surface area contributed by atoms with E-state index in [1.54, 1.807) is 0 Å². The summed E-state index contributed by atoms with van der Waals surface area (Å²) in [5.41, 5.74) is -0.271. The average molecular weight is 190 g/mol. The minimum Gasteiger partial charge on any atom is -0.317 e. The summed E-state index contributed by atoms with van der Waals surface area (Å²) in [6.45, 7) is 1.70. The molecular formula is C9H16F2N2. The third kappa shape index (κ3) is 1.99. The molecule has 1 atom stereocenters. The van der Waals surface area contributed by atoms with Crippen molar-refractivity contribution < 1.29 is 8.78 Å². The molecule has 13 heavy (non-hydrogen) atoms. The van der Waals surface area contributed by atoms with Gasteiger partial charge in [-0.15, -0.1) is 0 Å². The lowest BCUT2D eigenvalue weighted by Gasteiger charge is -2.27. The summed E-state index contributed by atoms with van der Waals surface area (Å²) in [4.78, 5) is 0. The first-order valence-electron chi connectivity index (χ1n) is 4.96. The van der Waals surface area contributed by atoms with Crippen molar-refractivity contribution in [1.29, 1.82) is 0 Å². The quantitative estimate of drug-likeness (QED) is 0.598. The molecule has 0 aromatic rings. The molecule has 2 fully saturated rings. The molecule has 2 heterocycles. The number of nitrogens with one attached hydrogen (secondary N) is 2. The van der Waals surface area contributed by atoms with Crippen LogP contribution in [-0.2, 0) is 0 Å². The molecule has 0 aliphatic carbocycles. The molecule has 1 spiro atoms. The molecule has 0 aromatic carbocycles. The Morgan fingerprint density at radius 1 is 1.08 bits per heavy atom. The van der Waals surface area contributed by atoms with E-state index in [0.717, 1.165) is 32.4 Å². The van der Waals surface area contributed by atoms with Crippen molar-refractivity contribution in [3.63, 3.8) is 0 Å². The first kappa shape index (κ1) is 9.34. The highest BCUT2D eigenvalue weighted by Crippen LogP contribution is 2.37. The molecule has 2 N–H and O–H groups in total. The largest absolute Gasteiger partial charge is 0.317 e. The number of halogens is 2. The van der Waals surface area contributed by atoms with Crippen LogP contribution >= 0.6 is 0 Å². The van der Waals surface area contributed by atoms with Crippen molar-refractivity contribution in [3.8, 4) is 0 Å².